The van der Waals surface area contributed by atoms with E-state index in [9.17, 15) is 0 Å². The summed E-state index contributed by atoms with van der Waals surface area (Å²) in [5.74, 6) is 0.661. The lowest BCUT2D eigenvalue weighted by Gasteiger charge is -2.13. The summed E-state index contributed by atoms with van der Waals surface area (Å²) in [4.78, 5) is 15.7. The van der Waals surface area contributed by atoms with E-state index in [1.54, 1.807) is 0 Å². The van der Waals surface area contributed by atoms with Gasteiger partial charge in [0.2, 0.25) is 0 Å². The van der Waals surface area contributed by atoms with E-state index in [1.165, 1.54) is 38.2 Å². The van der Waals surface area contributed by atoms with Crippen molar-refractivity contribution in [3.05, 3.63) is 212 Å². The number of benzene rings is 9. The minimum absolute atomic E-state index is 0.661. The fourth-order valence-electron chi connectivity index (χ4n) is 8.85. The monoisotopic (exact) mass is 777 g/mol. The molecule has 0 aliphatic rings. The third-order valence-corrected chi connectivity index (χ3v) is 11.9. The van der Waals surface area contributed by atoms with Crippen LogP contribution in [0.5, 0.6) is 0 Å². The van der Waals surface area contributed by atoms with Crippen molar-refractivity contribution in [2.24, 2.45) is 0 Å². The predicted molar refractivity (Wildman–Crippen MR) is 252 cm³/mol. The van der Waals surface area contributed by atoms with Gasteiger partial charge in [-0.1, -0.05) is 182 Å². The van der Waals surface area contributed by atoms with Crippen molar-refractivity contribution in [2.45, 2.75) is 0 Å². The highest BCUT2D eigenvalue weighted by atomic mass is 16.3. The number of fused-ring (bicyclic) bond motifs is 8. The summed E-state index contributed by atoms with van der Waals surface area (Å²) in [6.45, 7) is 0. The van der Waals surface area contributed by atoms with Gasteiger partial charge in [0.15, 0.2) is 5.82 Å². The van der Waals surface area contributed by atoms with E-state index in [0.717, 1.165) is 77.7 Å². The number of aromatic nitrogens is 3. The molecule has 284 valence electrons. The normalized spacial score (nSPS) is 11.6. The molecule has 0 fully saturated rings. The summed E-state index contributed by atoms with van der Waals surface area (Å²) in [6, 6.07) is 74.3. The lowest BCUT2D eigenvalue weighted by molar-refractivity contribution is 0.672. The third kappa shape index (κ3) is 6.04. The van der Waals surface area contributed by atoms with Gasteiger partial charge in [0.1, 0.15) is 11.2 Å². The number of para-hydroxylation sites is 1. The second-order valence-electron chi connectivity index (χ2n) is 15.5. The van der Waals surface area contributed by atoms with Crippen molar-refractivity contribution in [3.63, 3.8) is 0 Å². The van der Waals surface area contributed by atoms with Gasteiger partial charge in [-0.05, 0) is 74.1 Å². The fraction of sp³-hybridized carbons (Fsp3) is 0. The van der Waals surface area contributed by atoms with E-state index in [1.807, 2.05) is 36.4 Å². The van der Waals surface area contributed by atoms with Gasteiger partial charge in [-0.25, -0.2) is 15.0 Å². The highest BCUT2D eigenvalue weighted by molar-refractivity contribution is 6.20. The van der Waals surface area contributed by atoms with Gasteiger partial charge in [-0.3, -0.25) is 0 Å². The zero-order chi connectivity index (χ0) is 40.3. The van der Waals surface area contributed by atoms with Crippen molar-refractivity contribution in [2.75, 3.05) is 0 Å². The molecule has 0 atom stereocenters. The maximum Gasteiger partial charge on any atom is 0.160 e. The fourth-order valence-corrected chi connectivity index (χ4v) is 8.85. The van der Waals surface area contributed by atoms with E-state index in [-0.39, 0.29) is 0 Å². The second kappa shape index (κ2) is 14.3. The first kappa shape index (κ1) is 34.8. The number of hydrogen-bond acceptors (Lipinski definition) is 4. The molecule has 9 aromatic carbocycles. The molecular formula is C57H35N3O. The molecule has 12 aromatic rings. The van der Waals surface area contributed by atoms with E-state index >= 15 is 0 Å². The number of hydrogen-bond donors (Lipinski definition) is 0. The summed E-state index contributed by atoms with van der Waals surface area (Å²) in [5, 5.41) is 7.95. The van der Waals surface area contributed by atoms with E-state index in [2.05, 4.69) is 176 Å². The summed E-state index contributed by atoms with van der Waals surface area (Å²) >= 11 is 0. The minimum Gasteiger partial charge on any atom is -0.455 e. The highest BCUT2D eigenvalue weighted by Crippen LogP contribution is 2.42. The predicted octanol–water partition coefficient (Wildman–Crippen LogP) is 15.2. The van der Waals surface area contributed by atoms with E-state index in [4.69, 9.17) is 19.4 Å². The average molecular weight is 778 g/mol. The molecule has 3 heterocycles. The molecule has 0 aliphatic carbocycles. The van der Waals surface area contributed by atoms with Crippen LogP contribution in [0.1, 0.15) is 0 Å². The zero-order valence-electron chi connectivity index (χ0n) is 33.0. The van der Waals surface area contributed by atoms with Crippen LogP contribution in [0, 0.1) is 0 Å². The molecule has 4 heteroatoms. The van der Waals surface area contributed by atoms with Gasteiger partial charge < -0.3 is 4.42 Å². The lowest BCUT2D eigenvalue weighted by atomic mass is 9.92. The van der Waals surface area contributed by atoms with E-state index < -0.39 is 0 Å². The standard InChI is InChI=1S/C57H35N3O/c1-3-13-36(14-4-1)37-23-25-39(26-24-37)52-35-51(38-15-5-2-6-16-38)59-57(60-52)41-29-27-40(28-30-41)55-54-47-21-11-12-22-53(47)61-56(54)49-34-43(31-32-50(49)58-55)48-33-42-17-7-8-18-44(42)45-19-9-10-20-46(45)48/h1-35H. The summed E-state index contributed by atoms with van der Waals surface area (Å²) in [5.41, 5.74) is 13.8. The van der Waals surface area contributed by atoms with Crippen LogP contribution in [-0.2, 0) is 0 Å². The van der Waals surface area contributed by atoms with Crippen molar-refractivity contribution < 1.29 is 4.42 Å². The van der Waals surface area contributed by atoms with Crippen molar-refractivity contribution in [1.82, 2.24) is 15.0 Å². The Labute approximate surface area is 352 Å². The van der Waals surface area contributed by atoms with Crippen LogP contribution in [0.15, 0.2) is 217 Å². The van der Waals surface area contributed by atoms with Gasteiger partial charge in [0.05, 0.1) is 28.0 Å². The van der Waals surface area contributed by atoms with Crippen molar-refractivity contribution >= 4 is 54.4 Å². The molecule has 0 aliphatic heterocycles. The average Bonchev–Trinajstić information content (AvgIpc) is 3.74. The Hall–Kier alpha value is -8.21. The lowest BCUT2D eigenvalue weighted by Crippen LogP contribution is -1.96. The SMILES string of the molecule is c1ccc(-c2ccc(-c3cc(-c4ccccc4)nc(-c4ccc(-c5nc6ccc(-c7cc8ccccc8c8ccccc78)cc6c6oc7ccccc7c56)cc4)n3)cc2)cc1. The molecule has 61 heavy (non-hydrogen) atoms. The first-order valence-electron chi connectivity index (χ1n) is 20.6. The maximum absolute atomic E-state index is 6.75. The molecule has 0 unspecified atom stereocenters. The Kier molecular flexibility index (Phi) is 8.13. The topological polar surface area (TPSA) is 51.8 Å². The van der Waals surface area contributed by atoms with Gasteiger partial charge in [-0.2, -0.15) is 0 Å². The molecule has 0 spiro atoms. The van der Waals surface area contributed by atoms with Crippen LogP contribution in [0.2, 0.25) is 0 Å². The number of nitrogens with zero attached hydrogens (tertiary/aromatic N) is 3. The molecule has 0 radical (unpaired) electrons. The number of furan rings is 1. The largest absolute Gasteiger partial charge is 0.455 e. The van der Waals surface area contributed by atoms with Crippen LogP contribution in [-0.4, -0.2) is 15.0 Å². The highest BCUT2D eigenvalue weighted by Gasteiger charge is 2.20. The summed E-state index contributed by atoms with van der Waals surface area (Å²) < 4.78 is 6.75. The third-order valence-electron chi connectivity index (χ3n) is 11.9. The first-order valence-corrected chi connectivity index (χ1v) is 20.6. The molecular weight excluding hydrogens is 743 g/mol. The molecule has 4 nitrogen and oxygen atoms in total. The van der Waals surface area contributed by atoms with Crippen LogP contribution < -0.4 is 0 Å². The minimum atomic E-state index is 0.661. The Morgan fingerprint density at radius 1 is 0.328 bits per heavy atom. The number of pyridine rings is 1. The Morgan fingerprint density at radius 2 is 0.869 bits per heavy atom. The molecule has 0 bridgehead atoms. The van der Waals surface area contributed by atoms with Crippen LogP contribution in [0.4, 0.5) is 0 Å². The molecule has 0 amide bonds. The van der Waals surface area contributed by atoms with Crippen LogP contribution >= 0.6 is 0 Å². The number of rotatable bonds is 6. The van der Waals surface area contributed by atoms with Gasteiger partial charge in [-0.15, -0.1) is 0 Å². The van der Waals surface area contributed by atoms with Crippen molar-refractivity contribution in [3.8, 4) is 67.4 Å². The van der Waals surface area contributed by atoms with E-state index in [0.29, 0.717) is 5.82 Å². The Balaban J connectivity index is 0.977. The van der Waals surface area contributed by atoms with Gasteiger partial charge in [0.25, 0.3) is 0 Å². The first-order chi connectivity index (χ1) is 30.2. The zero-order valence-corrected chi connectivity index (χ0v) is 33.0. The molecule has 12 rings (SSSR count). The quantitative estimate of drug-likeness (QED) is 0.158. The second-order valence-corrected chi connectivity index (χ2v) is 15.5. The molecule has 0 N–H and O–H groups in total. The Morgan fingerprint density at radius 3 is 1.62 bits per heavy atom. The van der Waals surface area contributed by atoms with Gasteiger partial charge in [0, 0.05) is 33.0 Å². The van der Waals surface area contributed by atoms with Gasteiger partial charge >= 0.3 is 0 Å². The summed E-state index contributed by atoms with van der Waals surface area (Å²) in [7, 11) is 0. The van der Waals surface area contributed by atoms with Crippen LogP contribution in [0.25, 0.3) is 122 Å². The maximum atomic E-state index is 6.75. The Bertz CT molecular complexity index is 3610. The molecule has 3 aromatic heterocycles. The summed E-state index contributed by atoms with van der Waals surface area (Å²) in [6.07, 6.45) is 0. The van der Waals surface area contributed by atoms with Crippen molar-refractivity contribution in [1.29, 1.82) is 0 Å². The molecule has 0 saturated carbocycles. The smallest absolute Gasteiger partial charge is 0.160 e. The van der Waals surface area contributed by atoms with Crippen LogP contribution in [0.3, 0.4) is 0 Å². The molecule has 0 saturated heterocycles.